The number of hydrogen-bond acceptors (Lipinski definition) is 6. The molecule has 2 aliphatic heterocycles. The van der Waals surface area contributed by atoms with Crippen LogP contribution in [0.5, 0.6) is 11.5 Å². The van der Waals surface area contributed by atoms with Crippen molar-refractivity contribution >= 4 is 79.9 Å². The van der Waals surface area contributed by atoms with E-state index in [1.54, 1.807) is 21.9 Å². The molecule has 2 atom stereocenters. The highest BCUT2D eigenvalue weighted by Gasteiger charge is 2.44. The third-order valence-corrected chi connectivity index (χ3v) is 11.2. The van der Waals surface area contributed by atoms with E-state index < -0.39 is 17.4 Å². The number of hydrogen-bond donors (Lipinski definition) is 0. The van der Waals surface area contributed by atoms with Crippen molar-refractivity contribution in [3.63, 3.8) is 0 Å². The van der Waals surface area contributed by atoms with Gasteiger partial charge in [-0.25, -0.2) is 0 Å². The lowest BCUT2D eigenvalue weighted by Crippen LogP contribution is -2.39. The zero-order valence-corrected chi connectivity index (χ0v) is 29.1. The maximum atomic E-state index is 14.4. The summed E-state index contributed by atoms with van der Waals surface area (Å²) in [5.74, 6) is 0.269. The molecule has 1 fully saturated rings. The standard InChI is InChI=1S/C39H38Cl2N2O6/c1-23(44)48-33-15-31-37(29-11-5-3-9-27(29)33)25(19-40)21-42(31)35(46)17-39(13-7-8-14-39)18-36(47)43-22-26(20-41)38-30-12-6-4-10-28(30)34(16-32(38)43)49-24(2)45/h3-6,9-12,15-16,25-26H,7-8,13-14,17-22H2,1-2H3/t25-,26?/m1/s1. The number of carbonyl (C=O) groups excluding carboxylic acids is 4. The summed E-state index contributed by atoms with van der Waals surface area (Å²) in [4.78, 5) is 56.4. The van der Waals surface area contributed by atoms with Gasteiger partial charge in [0.1, 0.15) is 11.5 Å². The summed E-state index contributed by atoms with van der Waals surface area (Å²) in [6, 6.07) is 19.0. The fourth-order valence-corrected chi connectivity index (χ4v) is 8.91. The average Bonchev–Trinajstić information content (AvgIpc) is 3.80. The van der Waals surface area contributed by atoms with Gasteiger partial charge in [0.25, 0.3) is 0 Å². The molecule has 0 radical (unpaired) electrons. The first-order valence-electron chi connectivity index (χ1n) is 16.8. The van der Waals surface area contributed by atoms with E-state index in [0.717, 1.165) is 58.4 Å². The van der Waals surface area contributed by atoms with Crippen molar-refractivity contribution in [2.45, 2.75) is 64.2 Å². The van der Waals surface area contributed by atoms with Crippen LogP contribution in [-0.2, 0) is 19.2 Å². The number of carbonyl (C=O) groups is 4. The summed E-state index contributed by atoms with van der Waals surface area (Å²) >= 11 is 13.0. The molecule has 10 heteroatoms. The van der Waals surface area contributed by atoms with Gasteiger partial charge in [-0.2, -0.15) is 0 Å². The Morgan fingerprint density at radius 1 is 0.673 bits per heavy atom. The zero-order valence-electron chi connectivity index (χ0n) is 27.6. The fraction of sp³-hybridized carbons (Fsp3) is 0.385. The maximum Gasteiger partial charge on any atom is 0.308 e. The number of benzene rings is 4. The second-order valence-corrected chi connectivity index (χ2v) is 14.3. The molecule has 0 bridgehead atoms. The van der Waals surface area contributed by atoms with Crippen molar-refractivity contribution in [1.29, 1.82) is 0 Å². The molecule has 8 nitrogen and oxygen atoms in total. The molecule has 1 aliphatic carbocycles. The van der Waals surface area contributed by atoms with Crippen LogP contribution in [0.4, 0.5) is 11.4 Å². The van der Waals surface area contributed by atoms with Gasteiger partial charge in [-0.1, -0.05) is 61.4 Å². The summed E-state index contributed by atoms with van der Waals surface area (Å²) in [6.07, 6.45) is 3.81. The Morgan fingerprint density at radius 3 is 1.43 bits per heavy atom. The predicted molar refractivity (Wildman–Crippen MR) is 192 cm³/mol. The molecule has 0 aromatic heterocycles. The van der Waals surface area contributed by atoms with E-state index in [1.807, 2.05) is 48.5 Å². The van der Waals surface area contributed by atoms with Crippen molar-refractivity contribution in [1.82, 2.24) is 0 Å². The number of halogens is 2. The molecule has 1 unspecified atom stereocenters. The second kappa shape index (κ2) is 13.3. The minimum Gasteiger partial charge on any atom is -0.426 e. The lowest BCUT2D eigenvalue weighted by atomic mass is 9.78. The van der Waals surface area contributed by atoms with E-state index in [4.69, 9.17) is 32.7 Å². The normalized spacial score (nSPS) is 19.3. The molecule has 1 saturated carbocycles. The number of fused-ring (bicyclic) bond motifs is 6. The maximum absolute atomic E-state index is 14.4. The highest BCUT2D eigenvalue weighted by atomic mass is 35.5. The first-order chi connectivity index (χ1) is 23.6. The van der Waals surface area contributed by atoms with E-state index in [0.29, 0.717) is 47.7 Å². The SMILES string of the molecule is CC(=O)Oc1cc2c(c3ccccc13)C(CCl)CN2C(=O)CC1(CC(=O)N2C[C@@H](CCl)c3c2cc(OC(C)=O)c2ccccc32)CCCC1. The van der Waals surface area contributed by atoms with Gasteiger partial charge in [0.05, 0.1) is 11.4 Å². The average molecular weight is 702 g/mol. The Bertz CT molecular complexity index is 1870. The molecule has 49 heavy (non-hydrogen) atoms. The minimum absolute atomic E-state index is 0.0729. The summed E-state index contributed by atoms with van der Waals surface area (Å²) in [6.45, 7) is 3.55. The summed E-state index contributed by atoms with van der Waals surface area (Å²) in [7, 11) is 0. The van der Waals surface area contributed by atoms with Gasteiger partial charge >= 0.3 is 11.9 Å². The topological polar surface area (TPSA) is 93.2 Å². The number of anilines is 2. The van der Waals surface area contributed by atoms with Gasteiger partial charge in [0.15, 0.2) is 0 Å². The molecule has 3 aliphatic rings. The van der Waals surface area contributed by atoms with Crippen LogP contribution in [0.1, 0.15) is 75.3 Å². The molecule has 0 spiro atoms. The van der Waals surface area contributed by atoms with Crippen molar-refractivity contribution in [2.24, 2.45) is 5.41 Å². The Hall–Kier alpha value is -4.14. The fourth-order valence-electron chi connectivity index (χ4n) is 8.40. The van der Waals surface area contributed by atoms with E-state index >= 15 is 0 Å². The van der Waals surface area contributed by atoms with Crippen LogP contribution in [0.15, 0.2) is 60.7 Å². The van der Waals surface area contributed by atoms with E-state index in [1.165, 1.54) is 13.8 Å². The van der Waals surface area contributed by atoms with Crippen LogP contribution in [-0.4, -0.2) is 48.6 Å². The van der Waals surface area contributed by atoms with Crippen LogP contribution in [0.2, 0.25) is 0 Å². The Morgan fingerprint density at radius 2 is 1.06 bits per heavy atom. The molecule has 4 aromatic rings. The van der Waals surface area contributed by atoms with E-state index in [9.17, 15) is 19.2 Å². The molecule has 254 valence electrons. The number of alkyl halides is 2. The van der Waals surface area contributed by atoms with Crippen LogP contribution in [0, 0.1) is 5.41 Å². The third kappa shape index (κ3) is 6.03. The summed E-state index contributed by atoms with van der Waals surface area (Å²) in [5.41, 5.74) is 2.84. The molecular weight excluding hydrogens is 663 g/mol. The Balaban J connectivity index is 1.20. The summed E-state index contributed by atoms with van der Waals surface area (Å²) < 4.78 is 11.2. The second-order valence-electron chi connectivity index (χ2n) is 13.7. The third-order valence-electron chi connectivity index (χ3n) is 10.5. The largest absolute Gasteiger partial charge is 0.426 e. The minimum atomic E-state index is -0.516. The molecule has 7 rings (SSSR count). The quantitative estimate of drug-likeness (QED) is 0.104. The van der Waals surface area contributed by atoms with Crippen molar-refractivity contribution in [2.75, 3.05) is 34.6 Å². The number of nitrogens with zero attached hydrogens (tertiary/aromatic N) is 2. The molecule has 0 saturated heterocycles. The number of esters is 2. The van der Waals surface area contributed by atoms with Gasteiger partial charge < -0.3 is 19.3 Å². The highest BCUT2D eigenvalue weighted by Crippen LogP contribution is 2.51. The van der Waals surface area contributed by atoms with Crippen molar-refractivity contribution in [3.8, 4) is 11.5 Å². The predicted octanol–water partition coefficient (Wildman–Crippen LogP) is 8.22. The first-order valence-corrected chi connectivity index (χ1v) is 17.9. The van der Waals surface area contributed by atoms with Crippen molar-refractivity contribution in [3.05, 3.63) is 71.8 Å². The number of amides is 2. The monoisotopic (exact) mass is 700 g/mol. The van der Waals surface area contributed by atoms with Crippen LogP contribution < -0.4 is 19.3 Å². The van der Waals surface area contributed by atoms with Gasteiger partial charge in [-0.15, -0.1) is 23.2 Å². The molecule has 2 amide bonds. The zero-order chi connectivity index (χ0) is 34.4. The van der Waals surface area contributed by atoms with E-state index in [-0.39, 0.29) is 36.5 Å². The molecule has 4 aromatic carbocycles. The van der Waals surface area contributed by atoms with Crippen LogP contribution in [0.3, 0.4) is 0 Å². The van der Waals surface area contributed by atoms with Gasteiger partial charge in [0, 0.05) is 86.3 Å². The Labute approximate surface area is 295 Å². The van der Waals surface area contributed by atoms with Gasteiger partial charge in [-0.05, 0) is 40.2 Å². The Kier molecular flexibility index (Phi) is 9.05. The first kappa shape index (κ1) is 33.4. The number of ether oxygens (including phenoxy) is 2. The molecule has 2 heterocycles. The number of rotatable bonds is 8. The van der Waals surface area contributed by atoms with Gasteiger partial charge in [-0.3, -0.25) is 19.2 Å². The van der Waals surface area contributed by atoms with Crippen LogP contribution >= 0.6 is 23.2 Å². The smallest absolute Gasteiger partial charge is 0.308 e. The molecular formula is C39H38Cl2N2O6. The van der Waals surface area contributed by atoms with Gasteiger partial charge in [0.2, 0.25) is 11.8 Å². The highest BCUT2D eigenvalue weighted by molar-refractivity contribution is 6.19. The lowest BCUT2D eigenvalue weighted by Gasteiger charge is -2.32. The lowest BCUT2D eigenvalue weighted by molar-refractivity contribution is -0.132. The van der Waals surface area contributed by atoms with E-state index in [2.05, 4.69) is 0 Å². The van der Waals surface area contributed by atoms with Crippen molar-refractivity contribution < 1.29 is 28.7 Å². The van der Waals surface area contributed by atoms with Crippen LogP contribution in [0.25, 0.3) is 21.5 Å². The summed E-state index contributed by atoms with van der Waals surface area (Å²) in [5, 5.41) is 3.41. The molecule has 0 N–H and O–H groups in total.